The minimum absolute atomic E-state index is 0.0762. The molecule has 1 aromatic heterocycles. The number of hydrogen-bond donors (Lipinski definition) is 1. The lowest BCUT2D eigenvalue weighted by Crippen LogP contribution is -2.30. The van der Waals surface area contributed by atoms with Crippen LogP contribution in [0.25, 0.3) is 0 Å². The highest BCUT2D eigenvalue weighted by Gasteiger charge is 2.27. The second-order valence-corrected chi connectivity index (χ2v) is 8.48. The lowest BCUT2D eigenvalue weighted by molar-refractivity contribution is 0.0915. The Balaban J connectivity index is 2.05. The van der Waals surface area contributed by atoms with Gasteiger partial charge < -0.3 is 9.84 Å². The summed E-state index contributed by atoms with van der Waals surface area (Å²) in [6, 6.07) is 16.3. The Bertz CT molecular complexity index is 1280. The summed E-state index contributed by atoms with van der Waals surface area (Å²) in [5.74, 6) is -0.173. The molecule has 0 aliphatic carbocycles. The molecule has 2 aromatic carbocycles. The lowest BCUT2D eigenvalue weighted by Gasteiger charge is -2.21. The Morgan fingerprint density at radius 2 is 1.79 bits per heavy atom. The number of ether oxygens (including phenoxy) is 1. The molecule has 170 valence electrons. The van der Waals surface area contributed by atoms with E-state index in [1.165, 1.54) is 6.92 Å². The summed E-state index contributed by atoms with van der Waals surface area (Å²) in [7, 11) is 0. The summed E-state index contributed by atoms with van der Waals surface area (Å²) >= 11 is 0. The summed E-state index contributed by atoms with van der Waals surface area (Å²) in [6.07, 6.45) is 0. The number of carbonyl (C=O) groups excluding carboxylic acids is 1. The zero-order valence-corrected chi connectivity index (χ0v) is 19.5. The number of aryl methyl sites for hydroxylation is 1. The van der Waals surface area contributed by atoms with Crippen molar-refractivity contribution in [1.29, 1.82) is 5.26 Å². The van der Waals surface area contributed by atoms with Crippen LogP contribution in [0.2, 0.25) is 0 Å². The molecule has 1 heterocycles. The van der Waals surface area contributed by atoms with Gasteiger partial charge in [0, 0.05) is 0 Å². The van der Waals surface area contributed by atoms with E-state index in [2.05, 4.69) is 0 Å². The molecule has 1 atom stereocenters. The van der Waals surface area contributed by atoms with Crippen LogP contribution in [-0.4, -0.2) is 22.1 Å². The molecule has 0 amide bonds. The van der Waals surface area contributed by atoms with Gasteiger partial charge in [-0.25, -0.2) is 0 Å². The van der Waals surface area contributed by atoms with Crippen LogP contribution in [0, 0.1) is 25.2 Å². The first-order valence-electron chi connectivity index (χ1n) is 10.9. The first-order chi connectivity index (χ1) is 15.7. The number of Topliss-reactive ketones (excluding diaryl/α,β-unsaturated/α-hetero) is 1. The molecule has 0 aliphatic heterocycles. The van der Waals surface area contributed by atoms with Crippen molar-refractivity contribution in [1.82, 2.24) is 4.57 Å². The summed E-state index contributed by atoms with van der Waals surface area (Å²) < 4.78 is 6.96. The molecule has 1 unspecified atom stereocenters. The minimum atomic E-state index is -0.637. The average molecular weight is 445 g/mol. The van der Waals surface area contributed by atoms with Gasteiger partial charge in [-0.05, 0) is 55.0 Å². The van der Waals surface area contributed by atoms with Crippen LogP contribution in [-0.2, 0) is 0 Å². The van der Waals surface area contributed by atoms with Gasteiger partial charge in [-0.2, -0.15) is 5.26 Å². The predicted octanol–water partition coefficient (Wildman–Crippen LogP) is 5.04. The Labute approximate surface area is 193 Å². The van der Waals surface area contributed by atoms with Gasteiger partial charge in [-0.1, -0.05) is 56.3 Å². The lowest BCUT2D eigenvalue weighted by atomic mass is 9.99. The van der Waals surface area contributed by atoms with E-state index in [1.807, 2.05) is 75.4 Å². The van der Waals surface area contributed by atoms with Crippen molar-refractivity contribution in [2.75, 3.05) is 6.61 Å². The fraction of sp³-hybridized carbons (Fsp3) is 0.296. The number of nitriles is 1. The molecule has 0 spiro atoms. The van der Waals surface area contributed by atoms with E-state index in [9.17, 15) is 20.0 Å². The SMILES string of the molecule is Cc1ccc(C(C)C)c(OCC(=O)c2c(C)c(C#N)c(=O)n(C(C)c3ccccc3)c2O)c1. The van der Waals surface area contributed by atoms with E-state index in [-0.39, 0.29) is 29.2 Å². The van der Waals surface area contributed by atoms with Crippen LogP contribution in [0.3, 0.4) is 0 Å². The number of aromatic hydroxyl groups is 1. The van der Waals surface area contributed by atoms with Gasteiger partial charge in [0.2, 0.25) is 11.7 Å². The number of aromatic nitrogens is 1. The van der Waals surface area contributed by atoms with Gasteiger partial charge in [0.1, 0.15) is 17.4 Å². The zero-order valence-electron chi connectivity index (χ0n) is 19.5. The number of carbonyl (C=O) groups is 1. The molecule has 0 aliphatic rings. The Kier molecular flexibility index (Phi) is 7.03. The molecule has 3 aromatic rings. The highest BCUT2D eigenvalue weighted by Crippen LogP contribution is 2.30. The summed E-state index contributed by atoms with van der Waals surface area (Å²) in [5.41, 5.74) is 2.00. The van der Waals surface area contributed by atoms with Gasteiger partial charge in [-0.3, -0.25) is 14.2 Å². The Morgan fingerprint density at radius 3 is 2.39 bits per heavy atom. The van der Waals surface area contributed by atoms with E-state index in [0.717, 1.165) is 21.3 Å². The van der Waals surface area contributed by atoms with Crippen molar-refractivity contribution in [3.8, 4) is 17.7 Å². The van der Waals surface area contributed by atoms with Crippen molar-refractivity contribution in [3.63, 3.8) is 0 Å². The van der Waals surface area contributed by atoms with Gasteiger partial charge in [0.25, 0.3) is 5.56 Å². The zero-order chi connectivity index (χ0) is 24.3. The second-order valence-electron chi connectivity index (χ2n) is 8.48. The fourth-order valence-electron chi connectivity index (χ4n) is 3.95. The molecular formula is C27H28N2O4. The third-order valence-electron chi connectivity index (χ3n) is 5.84. The topological polar surface area (TPSA) is 92.3 Å². The van der Waals surface area contributed by atoms with E-state index >= 15 is 0 Å². The maximum absolute atomic E-state index is 13.2. The van der Waals surface area contributed by atoms with Crippen LogP contribution in [0.5, 0.6) is 11.6 Å². The third-order valence-corrected chi connectivity index (χ3v) is 5.84. The second kappa shape index (κ2) is 9.74. The van der Waals surface area contributed by atoms with E-state index < -0.39 is 23.3 Å². The highest BCUT2D eigenvalue weighted by molar-refractivity contribution is 6.01. The van der Waals surface area contributed by atoms with Crippen LogP contribution in [0.1, 0.15) is 70.9 Å². The van der Waals surface area contributed by atoms with Gasteiger partial charge >= 0.3 is 0 Å². The Hall–Kier alpha value is -3.85. The number of hydrogen-bond acceptors (Lipinski definition) is 5. The van der Waals surface area contributed by atoms with Crippen molar-refractivity contribution in [2.24, 2.45) is 0 Å². The monoisotopic (exact) mass is 444 g/mol. The predicted molar refractivity (Wildman–Crippen MR) is 127 cm³/mol. The molecule has 6 nitrogen and oxygen atoms in total. The average Bonchev–Trinajstić information content (AvgIpc) is 2.78. The Morgan fingerprint density at radius 1 is 1.12 bits per heavy atom. The number of pyridine rings is 1. The minimum Gasteiger partial charge on any atom is -0.494 e. The molecule has 0 radical (unpaired) electrons. The third kappa shape index (κ3) is 4.68. The standard InChI is InChI=1S/C27H28N2O4/c1-16(2)21-12-11-17(3)13-24(21)33-15-23(30)25-18(4)22(14-28)26(31)29(27(25)32)19(5)20-9-7-6-8-10-20/h6-13,16,19,32H,15H2,1-5H3. The molecule has 0 saturated carbocycles. The maximum Gasteiger partial charge on any atom is 0.272 e. The number of ketones is 1. The number of nitrogens with zero attached hydrogens (tertiary/aromatic N) is 2. The normalized spacial score (nSPS) is 11.8. The summed E-state index contributed by atoms with van der Waals surface area (Å²) in [4.78, 5) is 26.2. The van der Waals surface area contributed by atoms with Gasteiger partial charge in [0.15, 0.2) is 6.61 Å². The van der Waals surface area contributed by atoms with Gasteiger partial charge in [0.05, 0.1) is 11.6 Å². The fourth-order valence-corrected chi connectivity index (χ4v) is 3.95. The molecule has 3 rings (SSSR count). The van der Waals surface area contributed by atoms with Crippen LogP contribution in [0.4, 0.5) is 0 Å². The smallest absolute Gasteiger partial charge is 0.272 e. The van der Waals surface area contributed by atoms with Crippen LogP contribution < -0.4 is 10.3 Å². The summed E-state index contributed by atoms with van der Waals surface area (Å²) in [6.45, 7) is 8.91. The quantitative estimate of drug-likeness (QED) is 0.516. The van der Waals surface area contributed by atoms with Crippen LogP contribution in [0.15, 0.2) is 53.3 Å². The van der Waals surface area contributed by atoms with Crippen molar-refractivity contribution >= 4 is 5.78 Å². The van der Waals surface area contributed by atoms with E-state index in [0.29, 0.717) is 5.75 Å². The molecule has 6 heteroatoms. The molecule has 1 N–H and O–H groups in total. The maximum atomic E-state index is 13.2. The number of rotatable bonds is 7. The molecular weight excluding hydrogens is 416 g/mol. The molecule has 0 fully saturated rings. The molecule has 0 bridgehead atoms. The van der Waals surface area contributed by atoms with E-state index in [4.69, 9.17) is 4.74 Å². The molecule has 0 saturated heterocycles. The largest absolute Gasteiger partial charge is 0.494 e. The summed E-state index contributed by atoms with van der Waals surface area (Å²) in [5, 5.41) is 20.7. The van der Waals surface area contributed by atoms with Crippen LogP contribution >= 0.6 is 0 Å². The first kappa shape index (κ1) is 23.8. The van der Waals surface area contributed by atoms with E-state index in [1.54, 1.807) is 6.92 Å². The highest BCUT2D eigenvalue weighted by atomic mass is 16.5. The molecule has 33 heavy (non-hydrogen) atoms. The number of benzene rings is 2. The van der Waals surface area contributed by atoms with Gasteiger partial charge in [-0.15, -0.1) is 0 Å². The van der Waals surface area contributed by atoms with Crippen molar-refractivity contribution in [3.05, 3.63) is 92.3 Å². The first-order valence-corrected chi connectivity index (χ1v) is 10.9. The van der Waals surface area contributed by atoms with Crippen molar-refractivity contribution in [2.45, 2.75) is 46.6 Å². The van der Waals surface area contributed by atoms with Crippen molar-refractivity contribution < 1.29 is 14.6 Å².